The standard InChI is InChI=1S/C16H9N3OS/c17-9-12(8-11-4-3-7-18-10-11)16-19-15(20)13-5-1-2-6-14(13)21-16/h1-8,10H. The Kier molecular flexibility index (Phi) is 3.54. The van der Waals surface area contributed by atoms with Crippen LogP contribution in [0.2, 0.25) is 0 Å². The van der Waals surface area contributed by atoms with Gasteiger partial charge in [-0.1, -0.05) is 18.2 Å². The second-order valence-electron chi connectivity index (χ2n) is 4.28. The van der Waals surface area contributed by atoms with Crippen LogP contribution < -0.4 is 5.56 Å². The van der Waals surface area contributed by atoms with Crippen LogP contribution >= 0.6 is 11.3 Å². The van der Waals surface area contributed by atoms with Crippen molar-refractivity contribution in [1.82, 2.24) is 9.97 Å². The number of nitrogens with zero attached hydrogens (tertiary/aromatic N) is 3. The first-order valence-electron chi connectivity index (χ1n) is 6.20. The van der Waals surface area contributed by atoms with Crippen LogP contribution in [0.15, 0.2) is 53.6 Å². The summed E-state index contributed by atoms with van der Waals surface area (Å²) in [6, 6.07) is 13.0. The van der Waals surface area contributed by atoms with Gasteiger partial charge in [-0.25, -0.2) is 0 Å². The number of allylic oxidation sites excluding steroid dienone is 1. The highest BCUT2D eigenvalue weighted by atomic mass is 32.1. The summed E-state index contributed by atoms with van der Waals surface area (Å²) in [7, 11) is 0. The number of hydrogen-bond donors (Lipinski definition) is 0. The molecule has 0 spiro atoms. The van der Waals surface area contributed by atoms with Crippen LogP contribution in [0.4, 0.5) is 0 Å². The molecular weight excluding hydrogens is 282 g/mol. The van der Waals surface area contributed by atoms with Crippen molar-refractivity contribution >= 4 is 33.1 Å². The molecule has 3 rings (SSSR count). The third-order valence-electron chi connectivity index (χ3n) is 2.87. The second kappa shape index (κ2) is 5.65. The fraction of sp³-hybridized carbons (Fsp3) is 0. The van der Waals surface area contributed by atoms with Crippen molar-refractivity contribution in [3.63, 3.8) is 0 Å². The molecule has 0 aliphatic carbocycles. The van der Waals surface area contributed by atoms with Gasteiger partial charge in [0.25, 0.3) is 5.56 Å². The highest BCUT2D eigenvalue weighted by Gasteiger charge is 2.08. The molecule has 100 valence electrons. The van der Waals surface area contributed by atoms with Crippen LogP contribution in [0.1, 0.15) is 10.6 Å². The zero-order valence-corrected chi connectivity index (χ0v) is 11.7. The van der Waals surface area contributed by atoms with Gasteiger partial charge >= 0.3 is 0 Å². The average molecular weight is 291 g/mol. The highest BCUT2D eigenvalue weighted by molar-refractivity contribution is 7.19. The Morgan fingerprint density at radius 1 is 1.24 bits per heavy atom. The first-order valence-corrected chi connectivity index (χ1v) is 7.01. The molecule has 0 bridgehead atoms. The fourth-order valence-corrected chi connectivity index (χ4v) is 2.86. The van der Waals surface area contributed by atoms with Gasteiger partial charge in [0.15, 0.2) is 0 Å². The van der Waals surface area contributed by atoms with Gasteiger partial charge in [0.2, 0.25) is 0 Å². The summed E-state index contributed by atoms with van der Waals surface area (Å²) in [5, 5.41) is 10.3. The summed E-state index contributed by atoms with van der Waals surface area (Å²) >= 11 is 1.33. The minimum atomic E-state index is -0.313. The molecule has 0 saturated carbocycles. The van der Waals surface area contributed by atoms with E-state index in [-0.39, 0.29) is 5.56 Å². The van der Waals surface area contributed by atoms with Crippen LogP contribution in [-0.2, 0) is 0 Å². The van der Waals surface area contributed by atoms with Gasteiger partial charge in [0.1, 0.15) is 11.1 Å². The predicted octanol–water partition coefficient (Wildman–Crippen LogP) is 3.12. The molecule has 0 atom stereocenters. The van der Waals surface area contributed by atoms with E-state index in [4.69, 9.17) is 0 Å². The van der Waals surface area contributed by atoms with Gasteiger partial charge in [-0.2, -0.15) is 10.2 Å². The number of benzene rings is 1. The van der Waals surface area contributed by atoms with E-state index in [1.807, 2.05) is 18.2 Å². The topological polar surface area (TPSA) is 66.6 Å². The number of rotatable bonds is 2. The van der Waals surface area contributed by atoms with Crippen LogP contribution in [0.5, 0.6) is 0 Å². The van der Waals surface area contributed by atoms with E-state index in [0.717, 1.165) is 10.3 Å². The van der Waals surface area contributed by atoms with Crippen molar-refractivity contribution in [2.24, 2.45) is 0 Å². The molecule has 0 saturated heterocycles. The Bertz CT molecular complexity index is 923. The van der Waals surface area contributed by atoms with Gasteiger partial charge in [0, 0.05) is 17.1 Å². The maximum Gasteiger partial charge on any atom is 0.279 e. The van der Waals surface area contributed by atoms with Crippen molar-refractivity contribution in [2.75, 3.05) is 0 Å². The molecule has 3 aromatic rings. The summed E-state index contributed by atoms with van der Waals surface area (Å²) in [6.45, 7) is 0. The molecule has 2 aromatic heterocycles. The van der Waals surface area contributed by atoms with Gasteiger partial charge in [0.05, 0.1) is 11.0 Å². The number of aromatic nitrogens is 2. The van der Waals surface area contributed by atoms with E-state index in [2.05, 4.69) is 16.0 Å². The monoisotopic (exact) mass is 291 g/mol. The normalized spacial score (nSPS) is 11.3. The zero-order chi connectivity index (χ0) is 14.7. The van der Waals surface area contributed by atoms with Crippen LogP contribution in [0.3, 0.4) is 0 Å². The van der Waals surface area contributed by atoms with Crippen LogP contribution in [0, 0.1) is 11.3 Å². The Hall–Kier alpha value is -2.84. The molecule has 0 aliphatic heterocycles. The lowest BCUT2D eigenvalue weighted by molar-refractivity contribution is 1.28. The summed E-state index contributed by atoms with van der Waals surface area (Å²) in [6.07, 6.45) is 5.00. The molecule has 0 fully saturated rings. The SMILES string of the molecule is N#CC(=Cc1cccnc1)c1nc(=O)c2ccccc2s1. The molecule has 1 aromatic carbocycles. The number of hydrogen-bond acceptors (Lipinski definition) is 5. The van der Waals surface area contributed by atoms with Crippen molar-refractivity contribution in [3.05, 3.63) is 69.7 Å². The van der Waals surface area contributed by atoms with Gasteiger partial charge in [-0.15, -0.1) is 11.3 Å². The zero-order valence-electron chi connectivity index (χ0n) is 10.9. The van der Waals surface area contributed by atoms with Crippen molar-refractivity contribution < 1.29 is 0 Å². The van der Waals surface area contributed by atoms with Gasteiger partial charge in [-0.05, 0) is 29.8 Å². The molecule has 0 radical (unpaired) electrons. The minimum Gasteiger partial charge on any atom is -0.267 e. The highest BCUT2D eigenvalue weighted by Crippen LogP contribution is 2.23. The summed E-state index contributed by atoms with van der Waals surface area (Å²) in [5.74, 6) is 0. The lowest BCUT2D eigenvalue weighted by Crippen LogP contribution is -2.07. The molecule has 5 heteroatoms. The van der Waals surface area contributed by atoms with E-state index in [1.165, 1.54) is 11.3 Å². The van der Waals surface area contributed by atoms with Crippen molar-refractivity contribution in [2.45, 2.75) is 0 Å². The van der Waals surface area contributed by atoms with Gasteiger partial charge < -0.3 is 0 Å². The van der Waals surface area contributed by atoms with Crippen molar-refractivity contribution in [1.29, 1.82) is 5.26 Å². The third-order valence-corrected chi connectivity index (χ3v) is 3.95. The molecule has 0 amide bonds. The summed E-state index contributed by atoms with van der Waals surface area (Å²) < 4.78 is 0.819. The fourth-order valence-electron chi connectivity index (χ4n) is 1.90. The maximum absolute atomic E-state index is 12.0. The molecule has 0 aliphatic rings. The van der Waals surface area contributed by atoms with E-state index in [9.17, 15) is 10.1 Å². The first kappa shape index (κ1) is 13.2. The minimum absolute atomic E-state index is 0.313. The summed E-state index contributed by atoms with van der Waals surface area (Å²) in [4.78, 5) is 20.0. The molecule has 4 nitrogen and oxygen atoms in total. The first-order chi connectivity index (χ1) is 10.3. The second-order valence-corrected chi connectivity index (χ2v) is 5.31. The molecule has 2 heterocycles. The Labute approximate surface area is 124 Å². The lowest BCUT2D eigenvalue weighted by atomic mass is 10.2. The predicted molar refractivity (Wildman–Crippen MR) is 83.6 cm³/mol. The quantitative estimate of drug-likeness (QED) is 0.680. The van der Waals surface area contributed by atoms with Crippen molar-refractivity contribution in [3.8, 4) is 6.07 Å². The van der Waals surface area contributed by atoms with E-state index >= 15 is 0 Å². The average Bonchev–Trinajstić information content (AvgIpc) is 2.53. The molecule has 0 unspecified atom stereocenters. The van der Waals surface area contributed by atoms with E-state index < -0.39 is 0 Å². The summed E-state index contributed by atoms with van der Waals surface area (Å²) in [5.41, 5.74) is 0.839. The molecule has 21 heavy (non-hydrogen) atoms. The maximum atomic E-state index is 12.0. The molecular formula is C16H9N3OS. The lowest BCUT2D eigenvalue weighted by Gasteiger charge is -2.00. The van der Waals surface area contributed by atoms with E-state index in [0.29, 0.717) is 16.0 Å². The Balaban J connectivity index is 2.17. The Morgan fingerprint density at radius 3 is 2.86 bits per heavy atom. The largest absolute Gasteiger partial charge is 0.279 e. The van der Waals surface area contributed by atoms with E-state index in [1.54, 1.807) is 36.7 Å². The van der Waals surface area contributed by atoms with Crippen LogP contribution in [0.25, 0.3) is 21.7 Å². The third kappa shape index (κ3) is 2.71. The smallest absolute Gasteiger partial charge is 0.267 e. The van der Waals surface area contributed by atoms with Gasteiger partial charge in [-0.3, -0.25) is 9.78 Å². The number of nitriles is 1. The molecule has 0 N–H and O–H groups in total. The Morgan fingerprint density at radius 2 is 2.10 bits per heavy atom. The number of fused-ring (bicyclic) bond motifs is 1. The van der Waals surface area contributed by atoms with Crippen LogP contribution in [-0.4, -0.2) is 9.97 Å². The number of pyridine rings is 1.